The summed E-state index contributed by atoms with van der Waals surface area (Å²) < 4.78 is 2.46. The average molecular weight is 952 g/mol. The predicted molar refractivity (Wildman–Crippen MR) is 303 cm³/mol. The van der Waals surface area contributed by atoms with Gasteiger partial charge in [-0.3, -0.25) is 0 Å². The van der Waals surface area contributed by atoms with Gasteiger partial charge in [0.25, 0.3) is 0 Å². The molecule has 0 saturated heterocycles. The molecule has 9 aromatic carbocycles. The second-order valence-corrected chi connectivity index (χ2v) is 21.4. The Morgan fingerprint density at radius 2 is 0.662 bits per heavy atom. The van der Waals surface area contributed by atoms with Crippen LogP contribution < -0.4 is 4.90 Å². The van der Waals surface area contributed by atoms with Crippen molar-refractivity contribution in [2.24, 2.45) is 0 Å². The number of hydrogen-bond donors (Lipinski definition) is 0. The molecule has 0 aliphatic heterocycles. The minimum Gasteiger partial charge on any atom is -0.311 e. The van der Waals surface area contributed by atoms with Crippen LogP contribution in [0, 0.1) is 0 Å². The molecular weight excluding hydrogens is 899 g/mol. The van der Waals surface area contributed by atoms with Gasteiger partial charge in [-0.1, -0.05) is 143 Å². The fraction of sp³-hybridized carbons (Fsp3) is 0.152. The number of nitrogens with zero attached hydrogens (tertiary/aromatic N) is 3. The highest BCUT2D eigenvalue weighted by Gasteiger charge is 2.42. The average Bonchev–Trinajstić information content (AvgIpc) is 4.20. The summed E-state index contributed by atoms with van der Waals surface area (Å²) in [7, 11) is 0. The van der Waals surface area contributed by atoms with Gasteiger partial charge in [0.2, 0.25) is 0 Å². The molecule has 0 unspecified atom stereocenters. The fourth-order valence-electron chi connectivity index (χ4n) is 12.3. The van der Waals surface area contributed by atoms with E-state index < -0.39 is 0 Å². The zero-order valence-electron chi connectivity index (χ0n) is 40.5. The van der Waals surface area contributed by atoms with Crippen molar-refractivity contribution in [3.63, 3.8) is 0 Å². The lowest BCUT2D eigenvalue weighted by atomic mass is 9.73. The minimum atomic E-state index is -0.0636. The summed E-state index contributed by atoms with van der Waals surface area (Å²) in [6.07, 6.45) is 4.14. The van der Waals surface area contributed by atoms with Gasteiger partial charge in [-0.15, -0.1) is 22.7 Å². The first-order chi connectivity index (χ1) is 34.9. The van der Waals surface area contributed by atoms with Crippen molar-refractivity contribution in [2.75, 3.05) is 4.90 Å². The Balaban J connectivity index is 0.801. The lowest BCUT2D eigenvalue weighted by molar-refractivity contribution is 0.491. The van der Waals surface area contributed by atoms with E-state index in [9.17, 15) is 0 Å². The zero-order chi connectivity index (χ0) is 47.8. The molecule has 0 amide bonds. The van der Waals surface area contributed by atoms with Crippen molar-refractivity contribution in [3.8, 4) is 65.6 Å². The van der Waals surface area contributed by atoms with Crippen LogP contribution in [-0.2, 0) is 10.8 Å². The molecule has 2 heterocycles. The number of para-hydroxylation sites is 3. The first kappa shape index (κ1) is 43.6. The molecule has 0 saturated carbocycles. The van der Waals surface area contributed by atoms with Gasteiger partial charge in [-0.05, 0) is 177 Å². The van der Waals surface area contributed by atoms with Gasteiger partial charge in [0.05, 0.1) is 20.4 Å². The van der Waals surface area contributed by atoms with Gasteiger partial charge in [0, 0.05) is 39.0 Å². The third-order valence-electron chi connectivity index (χ3n) is 16.1. The van der Waals surface area contributed by atoms with Gasteiger partial charge >= 0.3 is 0 Å². The van der Waals surface area contributed by atoms with Crippen molar-refractivity contribution in [2.45, 2.75) is 64.2 Å². The maximum absolute atomic E-state index is 5.04. The molecule has 3 nitrogen and oxygen atoms in total. The van der Waals surface area contributed by atoms with E-state index in [1.165, 1.54) is 87.3 Å². The van der Waals surface area contributed by atoms with E-state index in [1.54, 1.807) is 22.7 Å². The quantitative estimate of drug-likeness (QED) is 0.129. The summed E-state index contributed by atoms with van der Waals surface area (Å²) in [5.41, 5.74) is 23.9. The van der Waals surface area contributed by atoms with Gasteiger partial charge in [-0.25, -0.2) is 9.97 Å². The summed E-state index contributed by atoms with van der Waals surface area (Å²) >= 11 is 3.56. The SMILES string of the molecule is CCC1(CC)c2cc(-c3ccc(N(c4ccccc4)c4ccc(-c5ccc6c(c5)C(CC)(CC)c5cc(-c7nc8ccccc8s7)ccc5-6)cc4)cc3)ccc2-c2ccc(-c3nc4ccccc4s3)cc21. The lowest BCUT2D eigenvalue weighted by Gasteiger charge is -2.30. The van der Waals surface area contributed by atoms with E-state index in [-0.39, 0.29) is 10.8 Å². The molecule has 13 rings (SSSR count). The Kier molecular flexibility index (Phi) is 10.5. The molecule has 0 radical (unpaired) electrons. The molecule has 2 aliphatic rings. The molecule has 2 aliphatic carbocycles. The van der Waals surface area contributed by atoms with Crippen LogP contribution in [0.25, 0.3) is 86.1 Å². The second-order valence-electron chi connectivity index (χ2n) is 19.4. The highest BCUT2D eigenvalue weighted by Crippen LogP contribution is 2.56. The van der Waals surface area contributed by atoms with Crippen LogP contribution in [0.15, 0.2) is 200 Å². The van der Waals surface area contributed by atoms with E-state index in [4.69, 9.17) is 9.97 Å². The van der Waals surface area contributed by atoms with Crippen molar-refractivity contribution in [3.05, 3.63) is 222 Å². The van der Waals surface area contributed by atoms with Crippen molar-refractivity contribution >= 4 is 60.2 Å². The Labute approximate surface area is 424 Å². The van der Waals surface area contributed by atoms with Crippen molar-refractivity contribution in [1.82, 2.24) is 9.97 Å². The van der Waals surface area contributed by atoms with Crippen LogP contribution in [-0.4, -0.2) is 9.97 Å². The maximum atomic E-state index is 5.04. The number of thiazole rings is 2. The molecule has 0 bridgehead atoms. The first-order valence-electron chi connectivity index (χ1n) is 25.3. The zero-order valence-corrected chi connectivity index (χ0v) is 42.2. The van der Waals surface area contributed by atoms with Gasteiger partial charge in [0.15, 0.2) is 0 Å². The third-order valence-corrected chi connectivity index (χ3v) is 18.3. The van der Waals surface area contributed by atoms with Gasteiger partial charge in [-0.2, -0.15) is 0 Å². The van der Waals surface area contributed by atoms with Crippen LogP contribution in [0.3, 0.4) is 0 Å². The summed E-state index contributed by atoms with van der Waals surface area (Å²) in [4.78, 5) is 12.4. The molecule has 344 valence electrons. The molecular formula is C66H53N3S2. The number of benzene rings is 9. The van der Waals surface area contributed by atoms with E-state index in [1.807, 2.05) is 0 Å². The highest BCUT2D eigenvalue weighted by molar-refractivity contribution is 7.22. The standard InChI is InChI=1S/C66H53N3S2/c1-5-65(6-2)55-38-44(26-34-51(55)53-36-28-46(40-57(53)65)63-67-59-18-12-14-20-61(59)70-63)42-22-30-49(31-23-42)69(48-16-10-9-11-17-48)50-32-24-43(25-33-50)45-27-35-52-54-37-29-47(64-68-60-19-13-15-21-62(60)71-64)41-58(54)66(7-3,8-4)56(52)39-45/h9-41H,5-8H2,1-4H3. The number of aromatic nitrogens is 2. The molecule has 0 atom stereocenters. The Bertz CT molecular complexity index is 3520. The number of rotatable bonds is 11. The smallest absolute Gasteiger partial charge is 0.124 e. The monoisotopic (exact) mass is 951 g/mol. The van der Waals surface area contributed by atoms with Crippen molar-refractivity contribution in [1.29, 1.82) is 0 Å². The lowest BCUT2D eigenvalue weighted by Crippen LogP contribution is -2.23. The van der Waals surface area contributed by atoms with Crippen LogP contribution in [0.2, 0.25) is 0 Å². The van der Waals surface area contributed by atoms with Crippen LogP contribution in [0.1, 0.15) is 75.6 Å². The number of anilines is 3. The Hall–Kier alpha value is -7.44. The molecule has 2 aromatic heterocycles. The molecule has 11 aromatic rings. The molecule has 0 fully saturated rings. The summed E-state index contributed by atoms with van der Waals surface area (Å²) in [6, 6.07) is 74.4. The number of hydrogen-bond acceptors (Lipinski definition) is 5. The van der Waals surface area contributed by atoms with E-state index in [0.29, 0.717) is 0 Å². The fourth-order valence-corrected chi connectivity index (χ4v) is 14.2. The molecule has 0 spiro atoms. The van der Waals surface area contributed by atoms with Crippen LogP contribution in [0.5, 0.6) is 0 Å². The molecule has 5 heteroatoms. The third kappa shape index (κ3) is 6.88. The van der Waals surface area contributed by atoms with E-state index in [0.717, 1.165) is 63.8 Å². The van der Waals surface area contributed by atoms with Crippen molar-refractivity contribution < 1.29 is 0 Å². The topological polar surface area (TPSA) is 29.0 Å². The van der Waals surface area contributed by atoms with E-state index >= 15 is 0 Å². The van der Waals surface area contributed by atoms with E-state index in [2.05, 4.69) is 233 Å². The Morgan fingerprint density at radius 1 is 0.338 bits per heavy atom. The molecule has 71 heavy (non-hydrogen) atoms. The summed E-state index contributed by atoms with van der Waals surface area (Å²) in [6.45, 7) is 9.42. The highest BCUT2D eigenvalue weighted by atomic mass is 32.1. The Morgan fingerprint density at radius 3 is 1.04 bits per heavy atom. The van der Waals surface area contributed by atoms with Gasteiger partial charge < -0.3 is 4.90 Å². The molecule has 0 N–H and O–H groups in total. The maximum Gasteiger partial charge on any atom is 0.124 e. The largest absolute Gasteiger partial charge is 0.311 e. The van der Waals surface area contributed by atoms with Crippen LogP contribution >= 0.6 is 22.7 Å². The van der Waals surface area contributed by atoms with Crippen LogP contribution in [0.4, 0.5) is 17.1 Å². The number of fused-ring (bicyclic) bond motifs is 8. The minimum absolute atomic E-state index is 0.0636. The first-order valence-corrected chi connectivity index (χ1v) is 26.9. The summed E-state index contributed by atoms with van der Waals surface area (Å²) in [5, 5.41) is 2.17. The van der Waals surface area contributed by atoms with Gasteiger partial charge in [0.1, 0.15) is 10.0 Å². The summed E-state index contributed by atoms with van der Waals surface area (Å²) in [5.74, 6) is 0. The second kappa shape index (κ2) is 17.2. The predicted octanol–water partition coefficient (Wildman–Crippen LogP) is 19.2. The normalized spacial score (nSPS) is 13.8.